The summed E-state index contributed by atoms with van der Waals surface area (Å²) in [6.45, 7) is 3.84. The maximum absolute atomic E-state index is 12.8. The predicted octanol–water partition coefficient (Wildman–Crippen LogP) is 3.31. The fourth-order valence-electron chi connectivity index (χ4n) is 3.40. The molecule has 1 aliphatic heterocycles. The molecule has 138 valence electrons. The standard InChI is InChI=1S/C20H18N2O4S/c1-3-26-20(23)18-15-12-27(24,25)17-11-7-5-9-14(17)19(15)22(21-18)16-10-6-4-8-13(16)2/h4-11H,3,12H2,1-2H3. The number of hydrogen-bond acceptors (Lipinski definition) is 5. The second-order valence-electron chi connectivity index (χ2n) is 6.35. The predicted molar refractivity (Wildman–Crippen MR) is 101 cm³/mol. The highest BCUT2D eigenvalue weighted by Gasteiger charge is 2.36. The smallest absolute Gasteiger partial charge is 0.359 e. The third-order valence-corrected chi connectivity index (χ3v) is 6.30. The zero-order valence-electron chi connectivity index (χ0n) is 15.0. The van der Waals surface area contributed by atoms with Crippen LogP contribution in [-0.4, -0.2) is 30.8 Å². The first-order chi connectivity index (χ1) is 12.9. The van der Waals surface area contributed by atoms with Gasteiger partial charge in [0.2, 0.25) is 0 Å². The van der Waals surface area contributed by atoms with Crippen LogP contribution in [0.4, 0.5) is 0 Å². The average Bonchev–Trinajstić information content (AvgIpc) is 3.01. The number of hydrogen-bond donors (Lipinski definition) is 0. The Kier molecular flexibility index (Phi) is 4.11. The topological polar surface area (TPSA) is 78.3 Å². The zero-order chi connectivity index (χ0) is 19.2. The number of para-hydroxylation sites is 1. The van der Waals surface area contributed by atoms with Gasteiger partial charge in [0.05, 0.1) is 28.6 Å². The Bertz CT molecular complexity index is 1160. The molecule has 0 bridgehead atoms. The molecule has 0 saturated heterocycles. The normalized spacial score (nSPS) is 14.3. The van der Waals surface area contributed by atoms with E-state index in [1.807, 2.05) is 31.2 Å². The molecular weight excluding hydrogens is 364 g/mol. The zero-order valence-corrected chi connectivity index (χ0v) is 15.8. The number of esters is 1. The summed E-state index contributed by atoms with van der Waals surface area (Å²) in [6.07, 6.45) is 0. The molecule has 3 aromatic rings. The number of aryl methyl sites for hydroxylation is 1. The first kappa shape index (κ1) is 17.5. The molecule has 6 nitrogen and oxygen atoms in total. The number of sulfone groups is 1. The third kappa shape index (κ3) is 2.75. The van der Waals surface area contributed by atoms with Crippen LogP contribution in [0, 0.1) is 6.92 Å². The van der Waals surface area contributed by atoms with Gasteiger partial charge in [-0.15, -0.1) is 0 Å². The van der Waals surface area contributed by atoms with Crippen LogP contribution in [0.25, 0.3) is 16.9 Å². The molecule has 0 fully saturated rings. The van der Waals surface area contributed by atoms with Crippen LogP contribution in [0.1, 0.15) is 28.5 Å². The van der Waals surface area contributed by atoms with E-state index >= 15 is 0 Å². The summed E-state index contributed by atoms with van der Waals surface area (Å²) < 4.78 is 32.4. The summed E-state index contributed by atoms with van der Waals surface area (Å²) >= 11 is 0. The Balaban J connectivity index is 2.08. The summed E-state index contributed by atoms with van der Waals surface area (Å²) in [7, 11) is -3.57. The number of fused-ring (bicyclic) bond motifs is 3. The lowest BCUT2D eigenvalue weighted by Crippen LogP contribution is -2.16. The number of ether oxygens (including phenoxy) is 1. The second kappa shape index (κ2) is 6.35. The van der Waals surface area contributed by atoms with E-state index in [2.05, 4.69) is 5.10 Å². The maximum Gasteiger partial charge on any atom is 0.359 e. The Morgan fingerprint density at radius 2 is 1.85 bits per heavy atom. The quantitative estimate of drug-likeness (QED) is 0.650. The highest BCUT2D eigenvalue weighted by Crippen LogP contribution is 2.40. The van der Waals surface area contributed by atoms with Gasteiger partial charge in [-0.05, 0) is 31.5 Å². The van der Waals surface area contributed by atoms with Crippen molar-refractivity contribution in [2.24, 2.45) is 0 Å². The Morgan fingerprint density at radius 1 is 1.15 bits per heavy atom. The van der Waals surface area contributed by atoms with E-state index in [1.54, 1.807) is 35.9 Å². The van der Waals surface area contributed by atoms with Gasteiger partial charge in [0.15, 0.2) is 15.5 Å². The first-order valence-electron chi connectivity index (χ1n) is 8.61. The SMILES string of the molecule is CCOC(=O)c1nn(-c2ccccc2C)c2c1CS(=O)(=O)c1ccccc1-2. The van der Waals surface area contributed by atoms with Crippen LogP contribution in [0.3, 0.4) is 0 Å². The molecule has 27 heavy (non-hydrogen) atoms. The molecule has 0 radical (unpaired) electrons. The molecule has 1 aromatic heterocycles. The summed E-state index contributed by atoms with van der Waals surface area (Å²) in [6, 6.07) is 14.4. The van der Waals surface area contributed by atoms with Gasteiger partial charge in [-0.25, -0.2) is 17.9 Å². The van der Waals surface area contributed by atoms with E-state index in [-0.39, 0.29) is 22.9 Å². The van der Waals surface area contributed by atoms with Crippen molar-refractivity contribution in [2.45, 2.75) is 24.5 Å². The van der Waals surface area contributed by atoms with Crippen molar-refractivity contribution in [2.75, 3.05) is 6.61 Å². The number of benzene rings is 2. The number of nitrogens with zero attached hydrogens (tertiary/aromatic N) is 2. The van der Waals surface area contributed by atoms with Crippen LogP contribution in [-0.2, 0) is 20.3 Å². The lowest BCUT2D eigenvalue weighted by atomic mass is 10.1. The largest absolute Gasteiger partial charge is 0.461 e. The number of carbonyl (C=O) groups excluding carboxylic acids is 1. The van der Waals surface area contributed by atoms with E-state index in [0.29, 0.717) is 16.8 Å². The molecule has 4 rings (SSSR count). The lowest BCUT2D eigenvalue weighted by Gasteiger charge is -2.19. The van der Waals surface area contributed by atoms with Crippen molar-refractivity contribution in [3.8, 4) is 16.9 Å². The molecule has 0 unspecified atom stereocenters. The van der Waals surface area contributed by atoms with Gasteiger partial charge >= 0.3 is 5.97 Å². The summed E-state index contributed by atoms with van der Waals surface area (Å²) in [5.41, 5.74) is 3.36. The minimum absolute atomic E-state index is 0.0492. The monoisotopic (exact) mass is 382 g/mol. The van der Waals surface area contributed by atoms with E-state index in [0.717, 1.165) is 11.3 Å². The van der Waals surface area contributed by atoms with Crippen molar-refractivity contribution in [1.29, 1.82) is 0 Å². The maximum atomic E-state index is 12.8. The molecule has 0 spiro atoms. The van der Waals surface area contributed by atoms with Crippen LogP contribution in [0.5, 0.6) is 0 Å². The van der Waals surface area contributed by atoms with Crippen LogP contribution in [0.15, 0.2) is 53.4 Å². The van der Waals surface area contributed by atoms with Crippen molar-refractivity contribution in [1.82, 2.24) is 9.78 Å². The molecule has 2 heterocycles. The van der Waals surface area contributed by atoms with Crippen molar-refractivity contribution >= 4 is 15.8 Å². The fourth-order valence-corrected chi connectivity index (χ4v) is 5.00. The van der Waals surface area contributed by atoms with Gasteiger partial charge in [0.1, 0.15) is 0 Å². The van der Waals surface area contributed by atoms with E-state index in [1.165, 1.54) is 0 Å². The molecule has 2 aromatic carbocycles. The van der Waals surface area contributed by atoms with E-state index in [4.69, 9.17) is 4.74 Å². The van der Waals surface area contributed by atoms with Crippen LogP contribution < -0.4 is 0 Å². The van der Waals surface area contributed by atoms with Crippen LogP contribution >= 0.6 is 0 Å². The van der Waals surface area contributed by atoms with Crippen molar-refractivity contribution in [3.63, 3.8) is 0 Å². The summed E-state index contributed by atoms with van der Waals surface area (Å²) in [5.74, 6) is -0.894. The third-order valence-electron chi connectivity index (χ3n) is 4.61. The van der Waals surface area contributed by atoms with Gasteiger partial charge in [0, 0.05) is 11.1 Å². The molecule has 0 amide bonds. The van der Waals surface area contributed by atoms with E-state index < -0.39 is 15.8 Å². The summed E-state index contributed by atoms with van der Waals surface area (Å²) in [5, 5.41) is 4.48. The van der Waals surface area contributed by atoms with Gasteiger partial charge in [-0.2, -0.15) is 5.10 Å². The average molecular weight is 382 g/mol. The number of carbonyl (C=O) groups is 1. The van der Waals surface area contributed by atoms with Crippen molar-refractivity contribution < 1.29 is 17.9 Å². The van der Waals surface area contributed by atoms with E-state index in [9.17, 15) is 13.2 Å². The van der Waals surface area contributed by atoms with Crippen molar-refractivity contribution in [3.05, 3.63) is 65.4 Å². The summed E-state index contributed by atoms with van der Waals surface area (Å²) in [4.78, 5) is 12.7. The highest BCUT2D eigenvalue weighted by atomic mass is 32.2. The van der Waals surface area contributed by atoms with Gasteiger partial charge in [-0.3, -0.25) is 0 Å². The number of rotatable bonds is 3. The first-order valence-corrected chi connectivity index (χ1v) is 10.3. The molecule has 0 aliphatic carbocycles. The highest BCUT2D eigenvalue weighted by molar-refractivity contribution is 7.90. The molecule has 0 saturated carbocycles. The molecule has 0 atom stereocenters. The van der Waals surface area contributed by atoms with Gasteiger partial charge in [-0.1, -0.05) is 36.4 Å². The minimum Gasteiger partial charge on any atom is -0.461 e. The van der Waals surface area contributed by atoms with Gasteiger partial charge < -0.3 is 4.74 Å². The van der Waals surface area contributed by atoms with Gasteiger partial charge in [0.25, 0.3) is 0 Å². The van der Waals surface area contributed by atoms with Crippen LogP contribution in [0.2, 0.25) is 0 Å². The molecule has 7 heteroatoms. The Hall–Kier alpha value is -2.93. The Morgan fingerprint density at radius 3 is 2.59 bits per heavy atom. The fraction of sp³-hybridized carbons (Fsp3) is 0.200. The molecule has 0 N–H and O–H groups in total. The lowest BCUT2D eigenvalue weighted by molar-refractivity contribution is 0.0518. The number of aromatic nitrogens is 2. The molecule has 1 aliphatic rings. The Labute approximate surface area is 157 Å². The second-order valence-corrected chi connectivity index (χ2v) is 8.31. The molecular formula is C20H18N2O4S. The minimum atomic E-state index is -3.57.